The van der Waals surface area contributed by atoms with Gasteiger partial charge in [0.1, 0.15) is 5.01 Å². The summed E-state index contributed by atoms with van der Waals surface area (Å²) >= 11 is 3.41. The lowest BCUT2D eigenvalue weighted by Gasteiger charge is -2.07. The molecule has 7 heteroatoms. The van der Waals surface area contributed by atoms with Crippen LogP contribution in [0.1, 0.15) is 10.6 Å². The van der Waals surface area contributed by atoms with Gasteiger partial charge in [0.15, 0.2) is 5.75 Å². The molecular weight excluding hydrogens is 351 g/mol. The van der Waals surface area contributed by atoms with Gasteiger partial charge in [-0.05, 0) is 41.6 Å². The monoisotopic (exact) mass is 358 g/mol. The number of nitrogens with zero attached hydrogens (tertiary/aromatic N) is 3. The van der Waals surface area contributed by atoms with Crippen LogP contribution in [0.25, 0.3) is 0 Å². The average molecular weight is 358 g/mol. The van der Waals surface area contributed by atoms with Gasteiger partial charge < -0.3 is 10.5 Å². The Bertz CT molecular complexity index is 582. The molecule has 2 N–H and O–H groups in total. The van der Waals surface area contributed by atoms with Gasteiger partial charge in [-0.1, -0.05) is 16.4 Å². The smallest absolute Gasteiger partial charge is 0.299 e. The molecule has 0 aliphatic rings. The molecule has 1 aromatic heterocycles. The zero-order valence-electron chi connectivity index (χ0n) is 8.77. The largest absolute Gasteiger partial charge is 0.426 e. The maximum Gasteiger partial charge on any atom is 0.299 e. The number of nitrogens with two attached hydrogens (primary N) is 1. The van der Waals surface area contributed by atoms with Crippen molar-refractivity contribution in [3.63, 3.8) is 0 Å². The number of halogens is 1. The normalized spacial score (nSPS) is 9.94. The third-order valence-electron chi connectivity index (χ3n) is 1.90. The summed E-state index contributed by atoms with van der Waals surface area (Å²) in [7, 11) is 0. The Balaban J connectivity index is 2.37. The second kappa shape index (κ2) is 4.85. The van der Waals surface area contributed by atoms with Crippen molar-refractivity contribution in [3.8, 4) is 17.0 Å². The van der Waals surface area contributed by atoms with Crippen LogP contribution in [0, 0.1) is 21.8 Å². The number of rotatable bonds is 2. The molecule has 86 valence electrons. The molecular formula is C10H7IN4OS. The Morgan fingerprint density at radius 3 is 2.76 bits per heavy atom. The molecule has 0 aliphatic heterocycles. The van der Waals surface area contributed by atoms with Crippen LogP contribution in [0.4, 0.5) is 5.69 Å². The Kier molecular flexibility index (Phi) is 3.44. The zero-order valence-corrected chi connectivity index (χ0v) is 11.7. The van der Waals surface area contributed by atoms with Gasteiger partial charge in [0, 0.05) is 0 Å². The number of benzene rings is 1. The van der Waals surface area contributed by atoms with Crippen molar-refractivity contribution in [1.82, 2.24) is 10.2 Å². The van der Waals surface area contributed by atoms with Gasteiger partial charge in [0.05, 0.1) is 20.9 Å². The minimum absolute atomic E-state index is 0.418. The first-order valence-corrected chi connectivity index (χ1v) is 6.46. The van der Waals surface area contributed by atoms with E-state index in [1.807, 2.05) is 13.0 Å². The number of anilines is 1. The number of nitrogen functional groups attached to an aromatic ring is 1. The van der Waals surface area contributed by atoms with Gasteiger partial charge in [0.25, 0.3) is 5.19 Å². The van der Waals surface area contributed by atoms with Gasteiger partial charge in [-0.15, -0.1) is 5.10 Å². The molecule has 0 fully saturated rings. The van der Waals surface area contributed by atoms with Gasteiger partial charge in [-0.2, -0.15) is 5.26 Å². The van der Waals surface area contributed by atoms with Crippen LogP contribution in [0.5, 0.6) is 10.9 Å². The molecule has 0 amide bonds. The van der Waals surface area contributed by atoms with Gasteiger partial charge in [-0.3, -0.25) is 0 Å². The van der Waals surface area contributed by atoms with Crippen LogP contribution in [-0.2, 0) is 0 Å². The Morgan fingerprint density at radius 2 is 2.24 bits per heavy atom. The molecule has 17 heavy (non-hydrogen) atoms. The Hall–Kier alpha value is -1.40. The quantitative estimate of drug-likeness (QED) is 0.659. The average Bonchev–Trinajstić information content (AvgIpc) is 2.69. The molecule has 0 spiro atoms. The topological polar surface area (TPSA) is 84.8 Å². The summed E-state index contributed by atoms with van der Waals surface area (Å²) in [5, 5.41) is 17.8. The van der Waals surface area contributed by atoms with Gasteiger partial charge in [0.2, 0.25) is 0 Å². The fourth-order valence-corrected chi connectivity index (χ4v) is 2.49. The summed E-state index contributed by atoms with van der Waals surface area (Å²) < 4.78 is 6.33. The Morgan fingerprint density at radius 1 is 1.47 bits per heavy atom. The molecule has 0 radical (unpaired) electrons. The predicted molar refractivity (Wildman–Crippen MR) is 73.0 cm³/mol. The fourth-order valence-electron chi connectivity index (χ4n) is 1.19. The summed E-state index contributed by atoms with van der Waals surface area (Å²) in [5.74, 6) is 0.515. The standard InChI is InChI=1S/C10H7IN4OS/c1-5-14-15-10(17-5)16-9-7(11)2-6(4-12)3-8(9)13/h2-3H,13H2,1H3. The van der Waals surface area contributed by atoms with Crippen molar-refractivity contribution < 1.29 is 4.74 Å². The van der Waals surface area contributed by atoms with E-state index in [-0.39, 0.29) is 0 Å². The molecule has 0 atom stereocenters. The second-order valence-corrected chi connectivity index (χ2v) is 5.48. The highest BCUT2D eigenvalue weighted by atomic mass is 127. The fraction of sp³-hybridized carbons (Fsp3) is 0.100. The highest BCUT2D eigenvalue weighted by molar-refractivity contribution is 14.1. The third kappa shape index (κ3) is 2.65. The van der Waals surface area contributed by atoms with E-state index < -0.39 is 0 Å². The van der Waals surface area contributed by atoms with Crippen LogP contribution < -0.4 is 10.5 Å². The van der Waals surface area contributed by atoms with Crippen molar-refractivity contribution in [1.29, 1.82) is 5.26 Å². The zero-order chi connectivity index (χ0) is 12.4. The number of nitriles is 1. The first-order valence-electron chi connectivity index (χ1n) is 4.57. The predicted octanol–water partition coefficient (Wildman–Crippen LogP) is 2.70. The lowest BCUT2D eigenvalue weighted by molar-refractivity contribution is 0.472. The molecule has 1 aromatic carbocycles. The van der Waals surface area contributed by atoms with E-state index in [9.17, 15) is 0 Å². The number of hydrogen-bond donors (Lipinski definition) is 1. The van der Waals surface area contributed by atoms with E-state index in [2.05, 4.69) is 32.8 Å². The minimum atomic E-state index is 0.418. The number of hydrogen-bond acceptors (Lipinski definition) is 6. The summed E-state index contributed by atoms with van der Waals surface area (Å²) in [4.78, 5) is 0. The maximum absolute atomic E-state index is 8.80. The molecule has 5 nitrogen and oxygen atoms in total. The van der Waals surface area contributed by atoms with Crippen LogP contribution in [0.3, 0.4) is 0 Å². The first-order chi connectivity index (χ1) is 8.10. The summed E-state index contributed by atoms with van der Waals surface area (Å²) in [6.07, 6.45) is 0. The number of aromatic nitrogens is 2. The summed E-state index contributed by atoms with van der Waals surface area (Å²) in [6, 6.07) is 5.32. The first kappa shape index (κ1) is 12.1. The van der Waals surface area contributed by atoms with Crippen LogP contribution in [-0.4, -0.2) is 10.2 Å². The summed E-state index contributed by atoms with van der Waals surface area (Å²) in [5.41, 5.74) is 6.75. The lowest BCUT2D eigenvalue weighted by atomic mass is 10.2. The molecule has 0 bridgehead atoms. The molecule has 1 heterocycles. The van der Waals surface area contributed by atoms with Crippen molar-refractivity contribution in [3.05, 3.63) is 26.3 Å². The molecule has 2 rings (SSSR count). The van der Waals surface area contributed by atoms with Gasteiger partial charge >= 0.3 is 0 Å². The van der Waals surface area contributed by atoms with Crippen molar-refractivity contribution in [2.45, 2.75) is 6.92 Å². The third-order valence-corrected chi connectivity index (χ3v) is 3.42. The van der Waals surface area contributed by atoms with Crippen molar-refractivity contribution in [2.75, 3.05) is 5.73 Å². The highest BCUT2D eigenvalue weighted by Gasteiger charge is 2.11. The van der Waals surface area contributed by atoms with Crippen LogP contribution in [0.15, 0.2) is 12.1 Å². The Labute approximate surface area is 115 Å². The highest BCUT2D eigenvalue weighted by Crippen LogP contribution is 2.34. The number of ether oxygens (including phenoxy) is 1. The minimum Gasteiger partial charge on any atom is -0.426 e. The van der Waals surface area contributed by atoms with E-state index in [0.717, 1.165) is 8.58 Å². The molecule has 2 aromatic rings. The molecule has 0 saturated carbocycles. The maximum atomic E-state index is 8.80. The summed E-state index contributed by atoms with van der Waals surface area (Å²) in [6.45, 7) is 1.84. The van der Waals surface area contributed by atoms with E-state index >= 15 is 0 Å². The van der Waals surface area contributed by atoms with Crippen molar-refractivity contribution >= 4 is 39.6 Å². The lowest BCUT2D eigenvalue weighted by Crippen LogP contribution is -1.96. The van der Waals surface area contributed by atoms with E-state index in [4.69, 9.17) is 15.7 Å². The molecule has 0 saturated heterocycles. The molecule has 0 unspecified atom stereocenters. The molecule has 0 aliphatic carbocycles. The van der Waals surface area contributed by atoms with Crippen LogP contribution in [0.2, 0.25) is 0 Å². The van der Waals surface area contributed by atoms with E-state index in [1.165, 1.54) is 11.3 Å². The number of aryl methyl sites for hydroxylation is 1. The van der Waals surface area contributed by atoms with E-state index in [0.29, 0.717) is 22.2 Å². The van der Waals surface area contributed by atoms with Crippen molar-refractivity contribution in [2.24, 2.45) is 0 Å². The second-order valence-electron chi connectivity index (χ2n) is 3.18. The van der Waals surface area contributed by atoms with Gasteiger partial charge in [-0.25, -0.2) is 0 Å². The van der Waals surface area contributed by atoms with E-state index in [1.54, 1.807) is 12.1 Å². The van der Waals surface area contributed by atoms with Crippen LogP contribution >= 0.6 is 33.9 Å². The SMILES string of the molecule is Cc1nnc(Oc2c(N)cc(C#N)cc2I)s1.